The topological polar surface area (TPSA) is 103 Å². The van der Waals surface area contributed by atoms with Crippen molar-refractivity contribution in [1.29, 1.82) is 0 Å². The van der Waals surface area contributed by atoms with Crippen LogP contribution >= 0.6 is 0 Å². The van der Waals surface area contributed by atoms with Gasteiger partial charge >= 0.3 is 5.97 Å². The minimum absolute atomic E-state index is 0.00771. The number of hydrogen-bond acceptors (Lipinski definition) is 7. The Hall–Kier alpha value is -3.68. The van der Waals surface area contributed by atoms with Gasteiger partial charge in [0.25, 0.3) is 5.69 Å². The van der Waals surface area contributed by atoms with Crippen LogP contribution in [0.3, 0.4) is 0 Å². The molecule has 0 N–H and O–H groups in total. The summed E-state index contributed by atoms with van der Waals surface area (Å²) in [5.74, 6) is -1.19. The number of fused-ring (bicyclic) bond motifs is 1. The van der Waals surface area contributed by atoms with Crippen molar-refractivity contribution < 1.29 is 23.7 Å². The van der Waals surface area contributed by atoms with Crippen LogP contribution in [0, 0.1) is 17.0 Å². The van der Waals surface area contributed by atoms with Crippen LogP contribution in [0.5, 0.6) is 0 Å². The first-order valence-corrected chi connectivity index (χ1v) is 8.44. The molecule has 0 saturated carbocycles. The Kier molecular flexibility index (Phi) is 5.12. The number of aryl methyl sites for hydroxylation is 1. The van der Waals surface area contributed by atoms with Gasteiger partial charge in [0.15, 0.2) is 12.4 Å². The molecule has 28 heavy (non-hydrogen) atoms. The zero-order chi connectivity index (χ0) is 20.4. The monoisotopic (exact) mass is 382 g/mol. The van der Waals surface area contributed by atoms with Crippen LogP contribution in [0.1, 0.15) is 26.5 Å². The van der Waals surface area contributed by atoms with E-state index in [2.05, 4.69) is 0 Å². The van der Waals surface area contributed by atoms with Crippen LogP contribution in [-0.2, 0) is 4.74 Å². The number of rotatable bonds is 6. The largest absolute Gasteiger partial charge is 0.453 e. The van der Waals surface area contributed by atoms with Crippen molar-refractivity contribution in [2.24, 2.45) is 0 Å². The van der Waals surface area contributed by atoms with E-state index in [1.165, 1.54) is 12.1 Å². The van der Waals surface area contributed by atoms with Crippen molar-refractivity contribution in [3.8, 4) is 0 Å². The molecule has 0 amide bonds. The Morgan fingerprint density at radius 2 is 1.89 bits per heavy atom. The van der Waals surface area contributed by atoms with Crippen LogP contribution in [0.15, 0.2) is 46.9 Å². The number of Topliss-reactive ketones (excluding diaryl/α,β-unsaturated/α-hetero) is 1. The smallest absolute Gasteiger partial charge is 0.340 e. The van der Waals surface area contributed by atoms with Crippen molar-refractivity contribution in [3.63, 3.8) is 0 Å². The number of ether oxygens (including phenoxy) is 1. The van der Waals surface area contributed by atoms with Gasteiger partial charge in [-0.3, -0.25) is 14.9 Å². The zero-order valence-corrected chi connectivity index (χ0v) is 15.6. The van der Waals surface area contributed by atoms with E-state index >= 15 is 0 Å². The molecule has 0 unspecified atom stereocenters. The Morgan fingerprint density at radius 1 is 1.18 bits per heavy atom. The number of carbonyl (C=O) groups excluding carboxylic acids is 2. The van der Waals surface area contributed by atoms with E-state index in [0.717, 1.165) is 11.5 Å². The number of nitro groups is 1. The summed E-state index contributed by atoms with van der Waals surface area (Å²) in [6.45, 7) is 1.22. The summed E-state index contributed by atoms with van der Waals surface area (Å²) >= 11 is 0. The molecule has 0 aliphatic heterocycles. The number of anilines is 1. The summed E-state index contributed by atoms with van der Waals surface area (Å²) < 4.78 is 10.7. The number of carbonyl (C=O) groups is 2. The SMILES string of the molecule is Cc1c(C(=O)COC(=O)c2cc([N+](=O)[O-])ccc2N(C)C)oc2ccccc12. The van der Waals surface area contributed by atoms with E-state index in [0.29, 0.717) is 16.8 Å². The quantitative estimate of drug-likeness (QED) is 0.277. The molecule has 0 atom stereocenters. The molecule has 0 bridgehead atoms. The van der Waals surface area contributed by atoms with Gasteiger partial charge in [0.05, 0.1) is 16.2 Å². The number of esters is 1. The first-order chi connectivity index (χ1) is 13.3. The molecule has 0 radical (unpaired) electrons. The molecule has 0 saturated heterocycles. The van der Waals surface area contributed by atoms with Gasteiger partial charge in [-0.1, -0.05) is 18.2 Å². The van der Waals surface area contributed by atoms with E-state index in [1.807, 2.05) is 12.1 Å². The van der Waals surface area contributed by atoms with E-state index < -0.39 is 23.3 Å². The van der Waals surface area contributed by atoms with Gasteiger partial charge in [0.1, 0.15) is 5.58 Å². The van der Waals surface area contributed by atoms with Gasteiger partial charge in [0.2, 0.25) is 5.78 Å². The second-order valence-corrected chi connectivity index (χ2v) is 6.40. The fourth-order valence-electron chi connectivity index (χ4n) is 2.91. The Morgan fingerprint density at radius 3 is 2.54 bits per heavy atom. The lowest BCUT2D eigenvalue weighted by Crippen LogP contribution is -2.18. The Balaban J connectivity index is 1.81. The molecule has 0 aliphatic rings. The fourth-order valence-corrected chi connectivity index (χ4v) is 2.91. The molecule has 2 aromatic carbocycles. The molecular formula is C20H18N2O6. The van der Waals surface area contributed by atoms with Crippen LogP contribution < -0.4 is 4.90 Å². The average Bonchev–Trinajstić information content (AvgIpc) is 3.02. The summed E-state index contributed by atoms with van der Waals surface area (Å²) in [4.78, 5) is 37.0. The van der Waals surface area contributed by atoms with Crippen molar-refractivity contribution >= 4 is 34.1 Å². The summed E-state index contributed by atoms with van der Waals surface area (Å²) in [5.41, 5.74) is 1.46. The van der Waals surface area contributed by atoms with Crippen LogP contribution in [-0.4, -0.2) is 37.4 Å². The first kappa shape index (κ1) is 19.1. The van der Waals surface area contributed by atoms with Crippen LogP contribution in [0.2, 0.25) is 0 Å². The predicted octanol–water partition coefficient (Wildman–Crippen LogP) is 3.76. The average molecular weight is 382 g/mol. The molecule has 1 aromatic heterocycles. The molecule has 3 aromatic rings. The van der Waals surface area contributed by atoms with Crippen molar-refractivity contribution in [2.75, 3.05) is 25.6 Å². The summed E-state index contributed by atoms with van der Waals surface area (Å²) in [6.07, 6.45) is 0. The van der Waals surface area contributed by atoms with Gasteiger partial charge in [0, 0.05) is 37.2 Å². The fraction of sp³-hybridized carbons (Fsp3) is 0.200. The van der Waals surface area contributed by atoms with Gasteiger partial charge in [-0.05, 0) is 19.1 Å². The molecular weight excluding hydrogens is 364 g/mol. The standard InChI is InChI=1S/C20H18N2O6/c1-12-14-6-4-5-7-18(14)28-19(12)17(23)11-27-20(24)15-10-13(22(25)26)8-9-16(15)21(2)3/h4-10H,11H2,1-3H3. The molecule has 0 fully saturated rings. The van der Waals surface area contributed by atoms with Gasteiger partial charge < -0.3 is 14.1 Å². The van der Waals surface area contributed by atoms with E-state index in [-0.39, 0.29) is 17.0 Å². The number of benzene rings is 2. The highest BCUT2D eigenvalue weighted by atomic mass is 16.6. The molecule has 1 heterocycles. The van der Waals surface area contributed by atoms with Crippen molar-refractivity contribution in [3.05, 3.63) is 69.5 Å². The van der Waals surface area contributed by atoms with E-state index in [1.54, 1.807) is 38.1 Å². The Bertz CT molecular complexity index is 1080. The number of ketones is 1. The third kappa shape index (κ3) is 3.57. The number of nitrogens with zero attached hydrogens (tertiary/aromatic N) is 2. The molecule has 144 valence electrons. The number of non-ortho nitro benzene ring substituents is 1. The summed E-state index contributed by atoms with van der Waals surface area (Å²) in [6, 6.07) is 11.1. The third-order valence-electron chi connectivity index (χ3n) is 4.32. The minimum atomic E-state index is -0.825. The highest BCUT2D eigenvalue weighted by molar-refractivity contribution is 6.03. The lowest BCUT2D eigenvalue weighted by Gasteiger charge is -2.16. The second kappa shape index (κ2) is 7.51. The third-order valence-corrected chi connectivity index (χ3v) is 4.32. The molecule has 8 heteroatoms. The predicted molar refractivity (Wildman–Crippen MR) is 103 cm³/mol. The van der Waals surface area contributed by atoms with Crippen LogP contribution in [0.4, 0.5) is 11.4 Å². The molecule has 8 nitrogen and oxygen atoms in total. The maximum Gasteiger partial charge on any atom is 0.340 e. The lowest BCUT2D eigenvalue weighted by atomic mass is 10.1. The highest BCUT2D eigenvalue weighted by Crippen LogP contribution is 2.27. The maximum absolute atomic E-state index is 12.5. The van der Waals surface area contributed by atoms with Gasteiger partial charge in [-0.15, -0.1) is 0 Å². The lowest BCUT2D eigenvalue weighted by molar-refractivity contribution is -0.384. The maximum atomic E-state index is 12.5. The number of para-hydroxylation sites is 1. The first-order valence-electron chi connectivity index (χ1n) is 8.44. The number of hydrogen-bond donors (Lipinski definition) is 0. The number of nitro benzene ring substituents is 1. The second-order valence-electron chi connectivity index (χ2n) is 6.40. The summed E-state index contributed by atoms with van der Waals surface area (Å²) in [7, 11) is 3.39. The Labute approximate surface area is 160 Å². The van der Waals surface area contributed by atoms with Crippen LogP contribution in [0.25, 0.3) is 11.0 Å². The van der Waals surface area contributed by atoms with Crippen molar-refractivity contribution in [1.82, 2.24) is 0 Å². The normalized spacial score (nSPS) is 10.7. The molecule has 3 rings (SSSR count). The van der Waals surface area contributed by atoms with Gasteiger partial charge in [-0.25, -0.2) is 4.79 Å². The summed E-state index contributed by atoms with van der Waals surface area (Å²) in [5, 5.41) is 11.8. The minimum Gasteiger partial charge on any atom is -0.453 e. The highest BCUT2D eigenvalue weighted by Gasteiger charge is 2.22. The molecule has 0 spiro atoms. The molecule has 0 aliphatic carbocycles. The zero-order valence-electron chi connectivity index (χ0n) is 15.6. The van der Waals surface area contributed by atoms with E-state index in [4.69, 9.17) is 9.15 Å². The van der Waals surface area contributed by atoms with Crippen molar-refractivity contribution in [2.45, 2.75) is 6.92 Å². The van der Waals surface area contributed by atoms with Gasteiger partial charge in [-0.2, -0.15) is 0 Å². The van der Waals surface area contributed by atoms with E-state index in [9.17, 15) is 19.7 Å². The number of furan rings is 1.